The number of rotatable bonds is 0. The molecule has 86 valence electrons. The van der Waals surface area contributed by atoms with Gasteiger partial charge in [-0.15, -0.1) is 0 Å². The van der Waals surface area contributed by atoms with Crippen molar-refractivity contribution < 1.29 is 9.52 Å². The maximum Gasteiger partial charge on any atom is 0.155 e. The highest BCUT2D eigenvalue weighted by Crippen LogP contribution is 2.40. The van der Waals surface area contributed by atoms with E-state index in [9.17, 15) is 5.11 Å². The lowest BCUT2D eigenvalue weighted by atomic mass is 10.1. The van der Waals surface area contributed by atoms with Crippen molar-refractivity contribution >= 4 is 56.7 Å². The summed E-state index contributed by atoms with van der Waals surface area (Å²) in [6.45, 7) is 0. The predicted octanol–water partition coefficient (Wildman–Crippen LogP) is 5.25. The third-order valence-electron chi connectivity index (χ3n) is 2.57. The Hall–Kier alpha value is -1.09. The van der Waals surface area contributed by atoms with Crippen molar-refractivity contribution in [1.29, 1.82) is 0 Å². The third-order valence-corrected chi connectivity index (χ3v) is 3.64. The van der Waals surface area contributed by atoms with Crippen molar-refractivity contribution in [2.45, 2.75) is 0 Å². The molecule has 3 aromatic rings. The van der Waals surface area contributed by atoms with E-state index >= 15 is 0 Å². The van der Waals surface area contributed by atoms with Gasteiger partial charge >= 0.3 is 0 Å². The first kappa shape index (κ1) is 11.0. The summed E-state index contributed by atoms with van der Waals surface area (Å²) in [6.07, 6.45) is 0. The second-order valence-electron chi connectivity index (χ2n) is 3.64. The van der Waals surface area contributed by atoms with E-state index < -0.39 is 0 Å². The van der Waals surface area contributed by atoms with Gasteiger partial charge < -0.3 is 9.52 Å². The van der Waals surface area contributed by atoms with Crippen LogP contribution in [-0.2, 0) is 0 Å². The number of fused-ring (bicyclic) bond motifs is 3. The highest BCUT2D eigenvalue weighted by Gasteiger charge is 2.15. The lowest BCUT2D eigenvalue weighted by Crippen LogP contribution is -1.71. The van der Waals surface area contributed by atoms with Crippen molar-refractivity contribution in [2.24, 2.45) is 0 Å². The summed E-state index contributed by atoms with van der Waals surface area (Å²) in [5.74, 6) is 0.0799. The summed E-state index contributed by atoms with van der Waals surface area (Å²) >= 11 is 18.0. The van der Waals surface area contributed by atoms with Gasteiger partial charge in [-0.05, 0) is 18.2 Å². The molecule has 5 heteroatoms. The monoisotopic (exact) mass is 286 g/mol. The predicted molar refractivity (Wildman–Crippen MR) is 70.4 cm³/mol. The molecule has 0 atom stereocenters. The van der Waals surface area contributed by atoms with Gasteiger partial charge in [-0.2, -0.15) is 0 Å². The van der Waals surface area contributed by atoms with E-state index in [4.69, 9.17) is 39.2 Å². The Kier molecular flexibility index (Phi) is 2.40. The molecule has 0 aliphatic carbocycles. The summed E-state index contributed by atoms with van der Waals surface area (Å²) in [6, 6.07) is 6.46. The number of benzene rings is 2. The number of hydrogen-bond donors (Lipinski definition) is 1. The zero-order chi connectivity index (χ0) is 12.2. The average Bonchev–Trinajstić information content (AvgIpc) is 2.63. The van der Waals surface area contributed by atoms with Crippen LogP contribution in [0.2, 0.25) is 15.1 Å². The van der Waals surface area contributed by atoms with Crippen LogP contribution in [0.1, 0.15) is 0 Å². The molecule has 1 heterocycles. The van der Waals surface area contributed by atoms with Gasteiger partial charge in [-0.3, -0.25) is 0 Å². The minimum atomic E-state index is 0.0799. The molecule has 0 fully saturated rings. The Morgan fingerprint density at radius 2 is 1.65 bits per heavy atom. The van der Waals surface area contributed by atoms with E-state index in [1.165, 1.54) is 6.07 Å². The zero-order valence-corrected chi connectivity index (χ0v) is 10.6. The van der Waals surface area contributed by atoms with Gasteiger partial charge in [0.15, 0.2) is 11.2 Å². The molecular weight excluding hydrogens is 282 g/mol. The van der Waals surface area contributed by atoms with Gasteiger partial charge in [-0.1, -0.05) is 34.8 Å². The first-order valence-electron chi connectivity index (χ1n) is 4.76. The van der Waals surface area contributed by atoms with E-state index in [2.05, 4.69) is 0 Å². The van der Waals surface area contributed by atoms with Crippen molar-refractivity contribution in [3.8, 4) is 5.75 Å². The highest BCUT2D eigenvalue weighted by atomic mass is 35.5. The summed E-state index contributed by atoms with van der Waals surface area (Å²) < 4.78 is 5.59. The molecule has 0 saturated heterocycles. The molecule has 0 aliphatic heterocycles. The number of furan rings is 1. The van der Waals surface area contributed by atoms with Crippen molar-refractivity contribution in [1.82, 2.24) is 0 Å². The summed E-state index contributed by atoms with van der Waals surface area (Å²) in [5.41, 5.74) is 0.963. The van der Waals surface area contributed by atoms with Crippen LogP contribution >= 0.6 is 34.8 Å². The molecule has 0 amide bonds. The van der Waals surface area contributed by atoms with Crippen LogP contribution in [0, 0.1) is 0 Å². The van der Waals surface area contributed by atoms with Gasteiger partial charge in [0, 0.05) is 16.8 Å². The molecule has 2 aromatic carbocycles. The highest BCUT2D eigenvalue weighted by molar-refractivity contribution is 6.45. The van der Waals surface area contributed by atoms with E-state index in [0.717, 1.165) is 5.39 Å². The van der Waals surface area contributed by atoms with E-state index in [1.54, 1.807) is 18.2 Å². The van der Waals surface area contributed by atoms with Gasteiger partial charge in [0.1, 0.15) is 10.8 Å². The second kappa shape index (κ2) is 3.70. The third kappa shape index (κ3) is 1.56. The molecule has 0 spiro atoms. The van der Waals surface area contributed by atoms with Crippen LogP contribution in [0.25, 0.3) is 21.9 Å². The number of halogens is 3. The molecule has 2 nitrogen and oxygen atoms in total. The van der Waals surface area contributed by atoms with Crippen molar-refractivity contribution in [2.75, 3.05) is 0 Å². The summed E-state index contributed by atoms with van der Waals surface area (Å²) in [7, 11) is 0. The Morgan fingerprint density at radius 1 is 0.882 bits per heavy atom. The first-order valence-corrected chi connectivity index (χ1v) is 5.90. The number of aromatic hydroxyl groups is 1. The van der Waals surface area contributed by atoms with Crippen LogP contribution in [-0.4, -0.2) is 5.11 Å². The molecule has 0 bridgehead atoms. The molecule has 0 radical (unpaired) electrons. The lowest BCUT2D eigenvalue weighted by molar-refractivity contribution is 0.476. The Balaban J connectivity index is 2.59. The van der Waals surface area contributed by atoms with Crippen LogP contribution < -0.4 is 0 Å². The fourth-order valence-electron chi connectivity index (χ4n) is 1.83. The maximum atomic E-state index is 9.53. The first-order chi connectivity index (χ1) is 8.08. The SMILES string of the molecule is Oc1cc(Cl)c2oc3c(Cl)c(Cl)ccc3c2c1. The Morgan fingerprint density at radius 3 is 2.41 bits per heavy atom. The Bertz CT molecular complexity index is 746. The normalized spacial score (nSPS) is 11.5. The lowest BCUT2D eigenvalue weighted by Gasteiger charge is -1.95. The molecule has 0 aliphatic rings. The van der Waals surface area contributed by atoms with Crippen LogP contribution in [0.4, 0.5) is 0 Å². The van der Waals surface area contributed by atoms with Crippen LogP contribution in [0.5, 0.6) is 5.75 Å². The molecule has 0 saturated carbocycles. The molecule has 1 N–H and O–H groups in total. The van der Waals surface area contributed by atoms with Gasteiger partial charge in [0.25, 0.3) is 0 Å². The molecule has 0 unspecified atom stereocenters. The number of phenolic OH excluding ortho intramolecular Hbond substituents is 1. The average molecular weight is 288 g/mol. The van der Waals surface area contributed by atoms with Crippen molar-refractivity contribution in [3.05, 3.63) is 39.3 Å². The molecule has 3 rings (SSSR count). The fourth-order valence-corrected chi connectivity index (χ4v) is 2.43. The minimum absolute atomic E-state index is 0.0799. The zero-order valence-electron chi connectivity index (χ0n) is 8.30. The Labute approximate surface area is 111 Å². The van der Waals surface area contributed by atoms with Gasteiger partial charge in [-0.25, -0.2) is 0 Å². The number of hydrogen-bond acceptors (Lipinski definition) is 2. The van der Waals surface area contributed by atoms with Crippen molar-refractivity contribution in [3.63, 3.8) is 0 Å². The van der Waals surface area contributed by atoms with E-state index in [0.29, 0.717) is 31.6 Å². The topological polar surface area (TPSA) is 33.4 Å². The van der Waals surface area contributed by atoms with E-state index in [-0.39, 0.29) is 5.75 Å². The number of phenols is 1. The van der Waals surface area contributed by atoms with Gasteiger partial charge in [0.2, 0.25) is 0 Å². The molecule has 1 aromatic heterocycles. The summed E-state index contributed by atoms with van der Waals surface area (Å²) in [4.78, 5) is 0. The van der Waals surface area contributed by atoms with Crippen LogP contribution in [0.3, 0.4) is 0 Å². The maximum absolute atomic E-state index is 9.53. The smallest absolute Gasteiger partial charge is 0.155 e. The molecule has 17 heavy (non-hydrogen) atoms. The quantitative estimate of drug-likeness (QED) is 0.612. The van der Waals surface area contributed by atoms with E-state index in [1.807, 2.05) is 0 Å². The fraction of sp³-hybridized carbons (Fsp3) is 0. The minimum Gasteiger partial charge on any atom is -0.508 e. The second-order valence-corrected chi connectivity index (χ2v) is 4.84. The summed E-state index contributed by atoms with van der Waals surface area (Å²) in [5, 5.41) is 12.1. The van der Waals surface area contributed by atoms with Gasteiger partial charge in [0.05, 0.1) is 10.0 Å². The largest absolute Gasteiger partial charge is 0.508 e. The standard InChI is InChI=1S/C12H5Cl3O2/c13-8-2-1-6-7-3-5(16)4-9(14)11(7)17-12(6)10(8)15/h1-4,16H. The molecular formula is C12H5Cl3O2. The van der Waals surface area contributed by atoms with Crippen LogP contribution in [0.15, 0.2) is 28.7 Å².